The topological polar surface area (TPSA) is 79.8 Å². The standard InChI is InChI=1S/C20H13BrF2N4O2/c21-11-1-6-19(29)27(9-11)10-18(28)24-13-3-5-16-17(8-13)26-20(25-16)14-7-12(22)2-4-15(14)23/h1-9H,10H2,(H,24,28)(H,25,26). The predicted molar refractivity (Wildman–Crippen MR) is 108 cm³/mol. The van der Waals surface area contributed by atoms with Gasteiger partial charge in [0.05, 0.1) is 16.6 Å². The Balaban J connectivity index is 1.57. The van der Waals surface area contributed by atoms with Gasteiger partial charge in [0, 0.05) is 22.4 Å². The van der Waals surface area contributed by atoms with Crippen molar-refractivity contribution >= 4 is 38.6 Å². The zero-order chi connectivity index (χ0) is 20.5. The second-order valence-electron chi connectivity index (χ2n) is 6.30. The normalized spacial score (nSPS) is 11.0. The number of carbonyl (C=O) groups is 1. The molecular weight excluding hydrogens is 446 g/mol. The number of nitrogens with one attached hydrogen (secondary N) is 2. The van der Waals surface area contributed by atoms with Crippen LogP contribution in [0.3, 0.4) is 0 Å². The molecule has 2 heterocycles. The fourth-order valence-corrected chi connectivity index (χ4v) is 3.25. The molecule has 2 aromatic heterocycles. The number of fused-ring (bicyclic) bond motifs is 1. The Labute approximate surface area is 171 Å². The zero-order valence-electron chi connectivity index (χ0n) is 14.7. The summed E-state index contributed by atoms with van der Waals surface area (Å²) in [6.07, 6.45) is 1.53. The molecule has 6 nitrogen and oxygen atoms in total. The van der Waals surface area contributed by atoms with E-state index in [1.807, 2.05) is 0 Å². The molecule has 0 aliphatic rings. The van der Waals surface area contributed by atoms with Gasteiger partial charge in [0.2, 0.25) is 5.91 Å². The first-order valence-electron chi connectivity index (χ1n) is 8.50. The lowest BCUT2D eigenvalue weighted by Gasteiger charge is -2.07. The number of amides is 1. The number of anilines is 1. The van der Waals surface area contributed by atoms with Crippen LogP contribution in [0.5, 0.6) is 0 Å². The van der Waals surface area contributed by atoms with Gasteiger partial charge in [0.1, 0.15) is 24.0 Å². The molecule has 0 bridgehead atoms. The molecule has 0 spiro atoms. The molecule has 4 rings (SSSR count). The van der Waals surface area contributed by atoms with Gasteiger partial charge < -0.3 is 14.9 Å². The average Bonchev–Trinajstić information content (AvgIpc) is 3.09. The van der Waals surface area contributed by atoms with Crippen LogP contribution in [-0.2, 0) is 11.3 Å². The smallest absolute Gasteiger partial charge is 0.251 e. The Morgan fingerprint density at radius 3 is 2.79 bits per heavy atom. The maximum Gasteiger partial charge on any atom is 0.251 e. The van der Waals surface area contributed by atoms with E-state index < -0.39 is 11.6 Å². The second kappa shape index (κ2) is 7.59. The predicted octanol–water partition coefficient (Wildman–Crippen LogP) is 4.07. The molecule has 0 unspecified atom stereocenters. The third-order valence-electron chi connectivity index (χ3n) is 4.21. The van der Waals surface area contributed by atoms with E-state index in [2.05, 4.69) is 31.2 Å². The van der Waals surface area contributed by atoms with Crippen LogP contribution < -0.4 is 10.9 Å². The Morgan fingerprint density at radius 1 is 1.14 bits per heavy atom. The highest BCUT2D eigenvalue weighted by molar-refractivity contribution is 9.10. The fraction of sp³-hybridized carbons (Fsp3) is 0.0500. The fourth-order valence-electron chi connectivity index (χ4n) is 2.87. The maximum absolute atomic E-state index is 14.0. The molecule has 4 aromatic rings. The Hall–Kier alpha value is -3.33. The highest BCUT2D eigenvalue weighted by atomic mass is 79.9. The molecule has 146 valence electrons. The summed E-state index contributed by atoms with van der Waals surface area (Å²) in [5, 5.41) is 2.70. The lowest BCUT2D eigenvalue weighted by atomic mass is 10.2. The number of rotatable bonds is 4. The second-order valence-corrected chi connectivity index (χ2v) is 7.22. The van der Waals surface area contributed by atoms with Crippen molar-refractivity contribution < 1.29 is 13.6 Å². The first kappa shape index (κ1) is 19.0. The van der Waals surface area contributed by atoms with Crippen molar-refractivity contribution in [3.63, 3.8) is 0 Å². The van der Waals surface area contributed by atoms with Crippen molar-refractivity contribution in [2.24, 2.45) is 0 Å². The molecule has 0 aliphatic heterocycles. The molecule has 0 radical (unpaired) electrons. The number of hydrogen-bond donors (Lipinski definition) is 2. The van der Waals surface area contributed by atoms with Gasteiger partial charge in [0.25, 0.3) is 5.56 Å². The van der Waals surface area contributed by atoms with Crippen molar-refractivity contribution in [1.29, 1.82) is 0 Å². The first-order valence-corrected chi connectivity index (χ1v) is 9.29. The van der Waals surface area contributed by atoms with E-state index in [4.69, 9.17) is 0 Å². The number of benzene rings is 2. The summed E-state index contributed by atoms with van der Waals surface area (Å²) in [5.74, 6) is -1.38. The van der Waals surface area contributed by atoms with Gasteiger partial charge in [-0.3, -0.25) is 9.59 Å². The molecule has 0 saturated heterocycles. The van der Waals surface area contributed by atoms with E-state index in [0.717, 1.165) is 18.2 Å². The molecule has 0 saturated carbocycles. The molecule has 29 heavy (non-hydrogen) atoms. The van der Waals surface area contributed by atoms with E-state index in [1.54, 1.807) is 24.3 Å². The van der Waals surface area contributed by atoms with Crippen LogP contribution in [0.4, 0.5) is 14.5 Å². The SMILES string of the molecule is O=C(Cn1cc(Br)ccc1=O)Nc1ccc2nc(-c3cc(F)ccc3F)[nH]c2c1. The van der Waals surface area contributed by atoms with Gasteiger partial charge in [0.15, 0.2) is 0 Å². The van der Waals surface area contributed by atoms with Gasteiger partial charge in [-0.1, -0.05) is 0 Å². The molecule has 2 aromatic carbocycles. The number of pyridine rings is 1. The summed E-state index contributed by atoms with van der Waals surface area (Å²) in [7, 11) is 0. The molecule has 0 fully saturated rings. The zero-order valence-corrected chi connectivity index (χ0v) is 16.3. The van der Waals surface area contributed by atoms with E-state index in [0.29, 0.717) is 21.2 Å². The Bertz CT molecular complexity index is 1300. The average molecular weight is 459 g/mol. The van der Waals surface area contributed by atoms with E-state index in [-0.39, 0.29) is 29.4 Å². The molecule has 1 amide bonds. The molecule has 0 aliphatic carbocycles. The van der Waals surface area contributed by atoms with Crippen LogP contribution in [0.15, 0.2) is 64.0 Å². The number of hydrogen-bond acceptors (Lipinski definition) is 3. The number of imidazole rings is 1. The summed E-state index contributed by atoms with van der Waals surface area (Å²) in [6.45, 7) is -0.154. The van der Waals surface area contributed by atoms with Crippen LogP contribution in [0, 0.1) is 11.6 Å². The van der Waals surface area contributed by atoms with Gasteiger partial charge in [-0.15, -0.1) is 0 Å². The number of aromatic nitrogens is 3. The highest BCUT2D eigenvalue weighted by Crippen LogP contribution is 2.25. The summed E-state index contributed by atoms with van der Waals surface area (Å²) in [5.41, 5.74) is 1.27. The van der Waals surface area contributed by atoms with Gasteiger partial charge in [-0.2, -0.15) is 0 Å². The van der Waals surface area contributed by atoms with E-state index >= 15 is 0 Å². The summed E-state index contributed by atoms with van der Waals surface area (Å²) >= 11 is 3.26. The number of halogens is 3. The lowest BCUT2D eigenvalue weighted by molar-refractivity contribution is -0.116. The van der Waals surface area contributed by atoms with E-state index in [1.165, 1.54) is 16.8 Å². The number of nitrogens with zero attached hydrogens (tertiary/aromatic N) is 2. The van der Waals surface area contributed by atoms with Crippen LogP contribution in [-0.4, -0.2) is 20.4 Å². The number of carbonyl (C=O) groups excluding carboxylic acids is 1. The summed E-state index contributed by atoms with van der Waals surface area (Å²) < 4.78 is 29.4. The Kier molecular flexibility index (Phi) is 4.98. The van der Waals surface area contributed by atoms with Crippen LogP contribution >= 0.6 is 15.9 Å². The monoisotopic (exact) mass is 458 g/mol. The van der Waals surface area contributed by atoms with Crippen LogP contribution in [0.1, 0.15) is 0 Å². The lowest BCUT2D eigenvalue weighted by Crippen LogP contribution is -2.26. The summed E-state index contributed by atoms with van der Waals surface area (Å²) in [6, 6.07) is 11.0. The van der Waals surface area contributed by atoms with Gasteiger partial charge in [-0.05, 0) is 58.4 Å². The number of H-pyrrole nitrogens is 1. The van der Waals surface area contributed by atoms with Crippen molar-refractivity contribution in [2.75, 3.05) is 5.32 Å². The maximum atomic E-state index is 14.0. The molecule has 2 N–H and O–H groups in total. The van der Waals surface area contributed by atoms with E-state index in [9.17, 15) is 18.4 Å². The van der Waals surface area contributed by atoms with Crippen molar-refractivity contribution in [1.82, 2.24) is 14.5 Å². The minimum absolute atomic E-state index is 0.0146. The van der Waals surface area contributed by atoms with Crippen LogP contribution in [0.2, 0.25) is 0 Å². The minimum atomic E-state index is -0.599. The highest BCUT2D eigenvalue weighted by Gasteiger charge is 2.12. The minimum Gasteiger partial charge on any atom is -0.338 e. The van der Waals surface area contributed by atoms with Gasteiger partial charge in [-0.25, -0.2) is 13.8 Å². The molecule has 0 atom stereocenters. The molecule has 9 heteroatoms. The van der Waals surface area contributed by atoms with Crippen molar-refractivity contribution in [3.8, 4) is 11.4 Å². The van der Waals surface area contributed by atoms with Crippen molar-refractivity contribution in [3.05, 3.63) is 81.2 Å². The third kappa shape index (κ3) is 4.09. The van der Waals surface area contributed by atoms with Crippen LogP contribution in [0.25, 0.3) is 22.4 Å². The van der Waals surface area contributed by atoms with Crippen molar-refractivity contribution in [2.45, 2.75) is 6.54 Å². The first-order chi connectivity index (χ1) is 13.9. The summed E-state index contributed by atoms with van der Waals surface area (Å²) in [4.78, 5) is 31.3. The largest absolute Gasteiger partial charge is 0.338 e. The third-order valence-corrected chi connectivity index (χ3v) is 4.68. The molecular formula is C20H13BrF2N4O2. The Morgan fingerprint density at radius 2 is 1.97 bits per heavy atom. The quantitative estimate of drug-likeness (QED) is 0.483. The number of aromatic amines is 1. The van der Waals surface area contributed by atoms with Gasteiger partial charge >= 0.3 is 0 Å².